The molecule has 0 aliphatic heterocycles. The van der Waals surface area contributed by atoms with E-state index < -0.39 is 0 Å². The molecule has 0 bridgehead atoms. The lowest BCUT2D eigenvalue weighted by atomic mass is 10.2. The van der Waals surface area contributed by atoms with Gasteiger partial charge in [0.25, 0.3) is 0 Å². The lowest BCUT2D eigenvalue weighted by Crippen LogP contribution is -2.06. The van der Waals surface area contributed by atoms with E-state index >= 15 is 0 Å². The Kier molecular flexibility index (Phi) is 4.12. The zero-order valence-electron chi connectivity index (χ0n) is 10.7. The smallest absolute Gasteiger partial charge is 0.160 e. The fourth-order valence-electron chi connectivity index (χ4n) is 1.74. The highest BCUT2D eigenvalue weighted by atomic mass is 16.5. The van der Waals surface area contributed by atoms with E-state index in [9.17, 15) is 0 Å². The van der Waals surface area contributed by atoms with Crippen molar-refractivity contribution in [3.8, 4) is 5.75 Å². The topological polar surface area (TPSA) is 47.0 Å². The van der Waals surface area contributed by atoms with Crippen molar-refractivity contribution in [1.29, 1.82) is 0 Å². The number of methoxy groups -OCH3 is 1. The number of aryl methyl sites for hydroxylation is 1. The predicted octanol–water partition coefficient (Wildman–Crippen LogP) is 2.45. The largest absolute Gasteiger partial charge is 0.493 e. The number of nitrogens with zero attached hydrogens (tertiary/aromatic N) is 2. The van der Waals surface area contributed by atoms with Crippen LogP contribution in [-0.4, -0.2) is 23.6 Å². The van der Waals surface area contributed by atoms with E-state index in [0.717, 1.165) is 30.1 Å². The van der Waals surface area contributed by atoms with E-state index in [-0.39, 0.29) is 0 Å². The highest BCUT2D eigenvalue weighted by Gasteiger charge is 2.03. The Balaban J connectivity index is 1.96. The summed E-state index contributed by atoms with van der Waals surface area (Å²) in [5.41, 5.74) is 3.23. The number of aromatic nitrogens is 2. The molecule has 94 valence electrons. The number of rotatable bonds is 5. The van der Waals surface area contributed by atoms with Gasteiger partial charge in [0.15, 0.2) is 5.75 Å². The molecule has 0 atom stereocenters. The van der Waals surface area contributed by atoms with Gasteiger partial charge in [-0.15, -0.1) is 0 Å². The Hall–Kier alpha value is -2.10. The molecule has 0 spiro atoms. The molecular weight excluding hydrogens is 226 g/mol. The zero-order valence-corrected chi connectivity index (χ0v) is 10.7. The lowest BCUT2D eigenvalue weighted by molar-refractivity contribution is 0.414. The number of hydrogen-bond donors (Lipinski definition) is 1. The van der Waals surface area contributed by atoms with Crippen LogP contribution in [0.1, 0.15) is 11.3 Å². The minimum absolute atomic E-state index is 0.773. The van der Waals surface area contributed by atoms with Crippen molar-refractivity contribution >= 4 is 5.69 Å². The molecule has 2 aromatic heterocycles. The molecule has 0 saturated heterocycles. The minimum Gasteiger partial charge on any atom is -0.493 e. The molecule has 18 heavy (non-hydrogen) atoms. The monoisotopic (exact) mass is 243 g/mol. The third-order valence-corrected chi connectivity index (χ3v) is 2.70. The maximum Gasteiger partial charge on any atom is 0.160 e. The second-order valence-corrected chi connectivity index (χ2v) is 4.06. The molecule has 4 nitrogen and oxygen atoms in total. The molecule has 0 unspecified atom stereocenters. The van der Waals surface area contributed by atoms with Gasteiger partial charge in [0.2, 0.25) is 0 Å². The van der Waals surface area contributed by atoms with Crippen molar-refractivity contribution in [1.82, 2.24) is 9.97 Å². The van der Waals surface area contributed by atoms with Crippen LogP contribution in [0.4, 0.5) is 5.69 Å². The molecule has 0 aliphatic carbocycles. The molecule has 0 radical (unpaired) electrons. The first-order chi connectivity index (χ1) is 8.79. The van der Waals surface area contributed by atoms with E-state index in [1.807, 2.05) is 37.5 Å². The van der Waals surface area contributed by atoms with E-state index in [4.69, 9.17) is 4.74 Å². The van der Waals surface area contributed by atoms with Crippen molar-refractivity contribution < 1.29 is 4.74 Å². The number of hydrogen-bond acceptors (Lipinski definition) is 4. The van der Waals surface area contributed by atoms with E-state index in [1.54, 1.807) is 13.3 Å². The SMILES string of the molecule is COc1cnc(C)cc1NCCc1ccncc1. The summed E-state index contributed by atoms with van der Waals surface area (Å²) < 4.78 is 5.27. The number of pyridine rings is 2. The third-order valence-electron chi connectivity index (χ3n) is 2.70. The van der Waals surface area contributed by atoms with Gasteiger partial charge < -0.3 is 10.1 Å². The summed E-state index contributed by atoms with van der Waals surface area (Å²) in [4.78, 5) is 8.21. The average molecular weight is 243 g/mol. The van der Waals surface area contributed by atoms with Crippen LogP contribution in [0.5, 0.6) is 5.75 Å². The van der Waals surface area contributed by atoms with Gasteiger partial charge in [0.05, 0.1) is 19.0 Å². The second-order valence-electron chi connectivity index (χ2n) is 4.06. The molecule has 0 aliphatic rings. The normalized spacial score (nSPS) is 10.1. The highest BCUT2D eigenvalue weighted by Crippen LogP contribution is 2.23. The molecule has 0 aromatic carbocycles. The van der Waals surface area contributed by atoms with Crippen LogP contribution in [0.2, 0.25) is 0 Å². The fraction of sp³-hybridized carbons (Fsp3) is 0.286. The second kappa shape index (κ2) is 6.00. The highest BCUT2D eigenvalue weighted by molar-refractivity contribution is 5.55. The first kappa shape index (κ1) is 12.4. The van der Waals surface area contributed by atoms with Crippen LogP contribution < -0.4 is 10.1 Å². The minimum atomic E-state index is 0.773. The van der Waals surface area contributed by atoms with Gasteiger partial charge in [0.1, 0.15) is 0 Å². The van der Waals surface area contributed by atoms with Crippen LogP contribution in [0.15, 0.2) is 36.8 Å². The number of nitrogens with one attached hydrogen (secondary N) is 1. The first-order valence-electron chi connectivity index (χ1n) is 5.93. The van der Waals surface area contributed by atoms with Crippen molar-refractivity contribution in [2.75, 3.05) is 19.0 Å². The molecule has 4 heteroatoms. The van der Waals surface area contributed by atoms with Gasteiger partial charge in [-0.05, 0) is 37.1 Å². The standard InChI is InChI=1S/C14H17N3O/c1-11-9-13(14(18-2)10-17-11)16-8-5-12-3-6-15-7-4-12/h3-4,6-7,9-10H,5,8H2,1-2H3,(H,16,17). The van der Waals surface area contributed by atoms with Crippen LogP contribution in [0, 0.1) is 6.92 Å². The summed E-state index contributed by atoms with van der Waals surface area (Å²) in [7, 11) is 1.65. The van der Waals surface area contributed by atoms with Crippen molar-refractivity contribution in [3.63, 3.8) is 0 Å². The van der Waals surface area contributed by atoms with Crippen LogP contribution in [0.3, 0.4) is 0 Å². The Morgan fingerprint density at radius 2 is 2.06 bits per heavy atom. The molecule has 2 aromatic rings. The van der Waals surface area contributed by atoms with Gasteiger partial charge in [-0.3, -0.25) is 9.97 Å². The van der Waals surface area contributed by atoms with Crippen molar-refractivity contribution in [2.24, 2.45) is 0 Å². The summed E-state index contributed by atoms with van der Waals surface area (Å²) in [5, 5.41) is 3.37. The summed E-state index contributed by atoms with van der Waals surface area (Å²) in [6, 6.07) is 6.04. The first-order valence-corrected chi connectivity index (χ1v) is 5.93. The molecule has 2 rings (SSSR count). The third kappa shape index (κ3) is 3.20. The van der Waals surface area contributed by atoms with E-state index in [1.165, 1.54) is 5.56 Å². The Labute approximate surface area is 107 Å². The number of anilines is 1. The summed E-state index contributed by atoms with van der Waals surface area (Å²) in [5.74, 6) is 0.773. The van der Waals surface area contributed by atoms with Gasteiger partial charge in [-0.25, -0.2) is 0 Å². The molecule has 0 fully saturated rings. The molecule has 2 heterocycles. The quantitative estimate of drug-likeness (QED) is 0.876. The fourth-order valence-corrected chi connectivity index (χ4v) is 1.74. The predicted molar refractivity (Wildman–Crippen MR) is 72.0 cm³/mol. The van der Waals surface area contributed by atoms with Crippen molar-refractivity contribution in [2.45, 2.75) is 13.3 Å². The van der Waals surface area contributed by atoms with Gasteiger partial charge in [0, 0.05) is 24.6 Å². The Morgan fingerprint density at radius 3 is 2.78 bits per heavy atom. The van der Waals surface area contributed by atoms with E-state index in [2.05, 4.69) is 15.3 Å². The maximum atomic E-state index is 5.27. The Morgan fingerprint density at radius 1 is 1.28 bits per heavy atom. The molecular formula is C14H17N3O. The number of ether oxygens (including phenoxy) is 1. The Bertz CT molecular complexity index is 500. The van der Waals surface area contributed by atoms with Crippen LogP contribution >= 0.6 is 0 Å². The molecule has 0 saturated carbocycles. The average Bonchev–Trinajstić information content (AvgIpc) is 2.40. The van der Waals surface area contributed by atoms with Crippen LogP contribution in [-0.2, 0) is 6.42 Å². The van der Waals surface area contributed by atoms with Gasteiger partial charge in [-0.1, -0.05) is 0 Å². The molecule has 0 amide bonds. The maximum absolute atomic E-state index is 5.27. The summed E-state index contributed by atoms with van der Waals surface area (Å²) in [6.07, 6.45) is 6.32. The van der Waals surface area contributed by atoms with Gasteiger partial charge >= 0.3 is 0 Å². The summed E-state index contributed by atoms with van der Waals surface area (Å²) in [6.45, 7) is 2.82. The van der Waals surface area contributed by atoms with Crippen LogP contribution in [0.25, 0.3) is 0 Å². The zero-order chi connectivity index (χ0) is 12.8. The van der Waals surface area contributed by atoms with Crippen molar-refractivity contribution in [3.05, 3.63) is 48.0 Å². The van der Waals surface area contributed by atoms with E-state index in [0.29, 0.717) is 0 Å². The van der Waals surface area contributed by atoms with Gasteiger partial charge in [-0.2, -0.15) is 0 Å². The summed E-state index contributed by atoms with van der Waals surface area (Å²) >= 11 is 0. The molecule has 1 N–H and O–H groups in total. The lowest BCUT2D eigenvalue weighted by Gasteiger charge is -2.11.